The van der Waals surface area contributed by atoms with Crippen molar-refractivity contribution in [2.45, 2.75) is 32.1 Å². The van der Waals surface area contributed by atoms with E-state index in [9.17, 15) is 18.8 Å². The van der Waals surface area contributed by atoms with Crippen molar-refractivity contribution >= 4 is 45.4 Å². The van der Waals surface area contributed by atoms with E-state index in [2.05, 4.69) is 17.0 Å². The molecule has 11 heteroatoms. The normalized spacial score (nSPS) is 17.1. The average Bonchev–Trinajstić information content (AvgIpc) is 3.63. The molecule has 0 bridgehead atoms. The third kappa shape index (κ3) is 4.93. The fourth-order valence-corrected chi connectivity index (χ4v) is 5.10. The van der Waals surface area contributed by atoms with Crippen LogP contribution < -0.4 is 20.5 Å². The largest absolute Gasteiger partial charge is 0.497 e. The first kappa shape index (κ1) is 26.7. The summed E-state index contributed by atoms with van der Waals surface area (Å²) in [6.45, 7) is 5.44. The van der Waals surface area contributed by atoms with Crippen molar-refractivity contribution in [2.24, 2.45) is 5.73 Å². The Hall–Kier alpha value is -4.93. The second-order valence-corrected chi connectivity index (χ2v) is 9.67. The zero-order valence-electron chi connectivity index (χ0n) is 22.2. The summed E-state index contributed by atoms with van der Waals surface area (Å²) in [5.74, 6) is -1.04. The van der Waals surface area contributed by atoms with Crippen LogP contribution in [-0.4, -0.2) is 58.0 Å². The summed E-state index contributed by atoms with van der Waals surface area (Å²) in [4.78, 5) is 40.1. The number of pyridine rings is 1. The molecule has 4 heterocycles. The first-order chi connectivity index (χ1) is 19.2. The summed E-state index contributed by atoms with van der Waals surface area (Å²) in [6, 6.07) is 9.64. The minimum Gasteiger partial charge on any atom is -0.497 e. The molecule has 2 atom stereocenters. The maximum absolute atomic E-state index is 14.6. The van der Waals surface area contributed by atoms with Gasteiger partial charge < -0.3 is 25.1 Å². The summed E-state index contributed by atoms with van der Waals surface area (Å²) >= 11 is 0. The SMILES string of the molecule is C=C(C=CC)c1ccc2c(c1)c(C(N)=O)[nH][n+]2CC(=O)N1CC(F)CC1C(=O)Nc1ccn2ccc(OC)cc12. The molecule has 1 aromatic carbocycles. The standard InChI is InChI=1S/C29H29FN6O4/c1-4-5-17(2)18-6-7-23-21(12-18)27(28(31)38)33-36(23)16-26(37)35-15-19(30)13-25(35)29(39)32-22-9-11-34-10-8-20(40-3)14-24(22)34/h4-12,14,19,25H,2,13,15-16H2,1,3H3,(H3,31,32,38,39)/p+1. The highest BCUT2D eigenvalue weighted by atomic mass is 19.1. The van der Waals surface area contributed by atoms with E-state index in [1.54, 1.807) is 49.8 Å². The number of carbonyl (C=O) groups excluding carboxylic acids is 3. The molecule has 4 aromatic rings. The highest BCUT2D eigenvalue weighted by molar-refractivity contribution is 6.04. The molecule has 0 spiro atoms. The second-order valence-electron chi connectivity index (χ2n) is 9.67. The summed E-state index contributed by atoms with van der Waals surface area (Å²) in [6.07, 6.45) is 5.80. The number of hydrogen-bond donors (Lipinski definition) is 3. The van der Waals surface area contributed by atoms with E-state index in [0.717, 1.165) is 11.1 Å². The Kier molecular flexibility index (Phi) is 7.12. The van der Waals surface area contributed by atoms with Gasteiger partial charge in [-0.3, -0.25) is 14.4 Å². The second kappa shape index (κ2) is 10.7. The van der Waals surface area contributed by atoms with Crippen LogP contribution in [-0.2, 0) is 16.1 Å². The van der Waals surface area contributed by atoms with E-state index in [1.165, 1.54) is 9.58 Å². The molecule has 1 aliphatic heterocycles. The Bertz CT molecular complexity index is 1690. The van der Waals surface area contributed by atoms with Crippen molar-refractivity contribution in [3.05, 3.63) is 78.8 Å². The Labute approximate surface area is 229 Å². The van der Waals surface area contributed by atoms with Crippen LogP contribution in [0.25, 0.3) is 22.0 Å². The number of halogens is 1. The summed E-state index contributed by atoms with van der Waals surface area (Å²) in [5.41, 5.74) is 9.05. The van der Waals surface area contributed by atoms with Crippen molar-refractivity contribution in [3.63, 3.8) is 0 Å². The number of benzene rings is 1. The Morgan fingerprint density at radius 1 is 1.25 bits per heavy atom. The molecule has 1 saturated heterocycles. The van der Waals surface area contributed by atoms with E-state index in [1.807, 2.05) is 29.5 Å². The molecule has 0 saturated carbocycles. The van der Waals surface area contributed by atoms with Crippen LogP contribution in [0.5, 0.6) is 5.75 Å². The number of H-pyrrole nitrogens is 1. The Balaban J connectivity index is 1.39. The van der Waals surface area contributed by atoms with Gasteiger partial charge in [-0.25, -0.2) is 4.39 Å². The van der Waals surface area contributed by atoms with Gasteiger partial charge in [-0.05, 0) is 42.3 Å². The van der Waals surface area contributed by atoms with Gasteiger partial charge >= 0.3 is 0 Å². The fourth-order valence-electron chi connectivity index (χ4n) is 5.10. The number of alkyl halides is 1. The number of hydrogen-bond acceptors (Lipinski definition) is 4. The lowest BCUT2D eigenvalue weighted by Crippen LogP contribution is -2.50. The lowest BCUT2D eigenvalue weighted by atomic mass is 10.0. The van der Waals surface area contributed by atoms with Crippen molar-refractivity contribution in [3.8, 4) is 5.75 Å². The number of primary amides is 1. The molecule has 0 radical (unpaired) electrons. The smallest absolute Gasteiger partial charge is 0.291 e. The zero-order chi connectivity index (χ0) is 28.6. The number of carbonyl (C=O) groups is 3. The maximum Gasteiger partial charge on any atom is 0.291 e. The molecule has 206 valence electrons. The quantitative estimate of drug-likeness (QED) is 0.233. The lowest BCUT2D eigenvalue weighted by molar-refractivity contribution is -0.715. The maximum atomic E-state index is 14.6. The predicted molar refractivity (Wildman–Crippen MR) is 148 cm³/mol. The molecule has 5 rings (SSSR count). The molecule has 3 aromatic heterocycles. The topological polar surface area (TPSA) is 126 Å². The van der Waals surface area contributed by atoms with Crippen LogP contribution in [0.3, 0.4) is 0 Å². The monoisotopic (exact) mass is 545 g/mol. The highest BCUT2D eigenvalue weighted by Crippen LogP contribution is 2.27. The van der Waals surface area contributed by atoms with Gasteiger partial charge in [0.05, 0.1) is 30.2 Å². The molecule has 2 unspecified atom stereocenters. The Morgan fingerprint density at radius 3 is 2.75 bits per heavy atom. The van der Waals surface area contributed by atoms with Gasteiger partial charge in [0.1, 0.15) is 18.0 Å². The molecule has 10 nitrogen and oxygen atoms in total. The summed E-state index contributed by atoms with van der Waals surface area (Å²) in [7, 11) is 1.55. The predicted octanol–water partition coefficient (Wildman–Crippen LogP) is 2.98. The average molecular weight is 546 g/mol. The number of amides is 3. The molecule has 0 aliphatic carbocycles. The van der Waals surface area contributed by atoms with Crippen molar-refractivity contribution in [1.29, 1.82) is 0 Å². The third-order valence-electron chi connectivity index (χ3n) is 7.08. The van der Waals surface area contributed by atoms with E-state index in [4.69, 9.17) is 10.5 Å². The minimum atomic E-state index is -1.35. The number of aromatic nitrogens is 3. The van der Waals surface area contributed by atoms with E-state index in [0.29, 0.717) is 27.9 Å². The van der Waals surface area contributed by atoms with Gasteiger partial charge in [0, 0.05) is 30.9 Å². The van der Waals surface area contributed by atoms with Crippen molar-refractivity contribution in [1.82, 2.24) is 14.4 Å². The number of aromatic amines is 1. The van der Waals surface area contributed by atoms with Gasteiger partial charge in [0.25, 0.3) is 11.8 Å². The number of likely N-dealkylation sites (tertiary alicyclic amines) is 1. The van der Waals surface area contributed by atoms with E-state index in [-0.39, 0.29) is 25.2 Å². The van der Waals surface area contributed by atoms with Gasteiger partial charge in [-0.2, -0.15) is 5.10 Å². The minimum absolute atomic E-state index is 0.119. The molecular formula is C29H30FN6O4+. The lowest BCUT2D eigenvalue weighted by Gasteiger charge is -2.22. The molecule has 1 aliphatic rings. The zero-order valence-corrected chi connectivity index (χ0v) is 22.2. The molecule has 1 fully saturated rings. The number of anilines is 1. The molecular weight excluding hydrogens is 515 g/mol. The van der Waals surface area contributed by atoms with Gasteiger partial charge in [0.15, 0.2) is 5.69 Å². The van der Waals surface area contributed by atoms with Crippen molar-refractivity contribution < 1.29 is 28.2 Å². The first-order valence-corrected chi connectivity index (χ1v) is 12.8. The van der Waals surface area contributed by atoms with Gasteiger partial charge in [-0.15, -0.1) is 4.68 Å². The van der Waals surface area contributed by atoms with Gasteiger partial charge in [0.2, 0.25) is 18.0 Å². The number of nitrogens with one attached hydrogen (secondary N) is 2. The summed E-state index contributed by atoms with van der Waals surface area (Å²) < 4.78 is 23.1. The first-order valence-electron chi connectivity index (χ1n) is 12.8. The molecule has 4 N–H and O–H groups in total. The third-order valence-corrected chi connectivity index (χ3v) is 7.08. The number of rotatable bonds is 8. The highest BCUT2D eigenvalue weighted by Gasteiger charge is 2.41. The number of nitrogens with zero attached hydrogens (tertiary/aromatic N) is 3. The number of fused-ring (bicyclic) bond motifs is 2. The fraction of sp³-hybridized carbons (Fsp3) is 0.241. The van der Waals surface area contributed by atoms with Crippen LogP contribution >= 0.6 is 0 Å². The number of ether oxygens (including phenoxy) is 1. The Morgan fingerprint density at radius 2 is 2.02 bits per heavy atom. The van der Waals surface area contributed by atoms with E-state index < -0.39 is 29.9 Å². The van der Waals surface area contributed by atoms with E-state index >= 15 is 0 Å². The molecule has 40 heavy (non-hydrogen) atoms. The summed E-state index contributed by atoms with van der Waals surface area (Å²) in [5, 5.41) is 6.27. The van der Waals surface area contributed by atoms with Crippen LogP contribution in [0.2, 0.25) is 0 Å². The van der Waals surface area contributed by atoms with Crippen LogP contribution in [0.15, 0.2) is 67.5 Å². The van der Waals surface area contributed by atoms with Gasteiger partial charge in [-0.1, -0.05) is 18.7 Å². The molecule has 3 amide bonds. The number of methoxy groups -OCH3 is 1. The number of nitrogens with two attached hydrogens (primary N) is 1. The van der Waals surface area contributed by atoms with Crippen LogP contribution in [0, 0.1) is 0 Å². The number of allylic oxidation sites excluding steroid dienone is 3. The van der Waals surface area contributed by atoms with Crippen LogP contribution in [0.4, 0.5) is 10.1 Å². The van der Waals surface area contributed by atoms with Crippen LogP contribution in [0.1, 0.15) is 29.4 Å². The van der Waals surface area contributed by atoms with Crippen molar-refractivity contribution in [2.75, 3.05) is 19.0 Å².